The molecule has 1 aromatic carbocycles. The Kier molecular flexibility index (Phi) is 4.93. The minimum Gasteiger partial charge on any atom is -0.379 e. The average molecular weight is 274 g/mol. The molecular weight excluding hydrogens is 252 g/mol. The Labute approximate surface area is 120 Å². The van der Waals surface area contributed by atoms with Gasteiger partial charge in [0.15, 0.2) is 0 Å². The van der Waals surface area contributed by atoms with Gasteiger partial charge >= 0.3 is 0 Å². The van der Waals surface area contributed by atoms with Crippen molar-refractivity contribution in [2.45, 2.75) is 6.92 Å². The first-order valence-corrected chi connectivity index (χ1v) is 6.91. The Morgan fingerprint density at radius 3 is 2.65 bits per heavy atom. The van der Waals surface area contributed by atoms with Gasteiger partial charge < -0.3 is 9.64 Å². The number of amides is 1. The molecule has 0 spiro atoms. The van der Waals surface area contributed by atoms with Gasteiger partial charge in [0.2, 0.25) is 5.91 Å². The first-order chi connectivity index (χ1) is 9.59. The van der Waals surface area contributed by atoms with Crippen molar-refractivity contribution in [1.29, 1.82) is 0 Å². The van der Waals surface area contributed by atoms with Crippen molar-refractivity contribution in [3.05, 3.63) is 36.4 Å². The zero-order valence-electron chi connectivity index (χ0n) is 12.3. The predicted molar refractivity (Wildman–Crippen MR) is 81.8 cm³/mol. The van der Waals surface area contributed by atoms with Gasteiger partial charge in [-0.3, -0.25) is 9.69 Å². The Hall–Kier alpha value is -1.65. The Balaban J connectivity index is 2.08. The normalized spacial score (nSPS) is 15.9. The molecule has 1 heterocycles. The number of benzene rings is 1. The van der Waals surface area contributed by atoms with E-state index in [1.54, 1.807) is 4.90 Å². The summed E-state index contributed by atoms with van der Waals surface area (Å²) in [4.78, 5) is 16.3. The van der Waals surface area contributed by atoms with Crippen molar-refractivity contribution in [2.24, 2.45) is 0 Å². The standard InChI is InChI=1S/C16H22N2O2/c1-13(2)14-6-4-5-7-15(14)17(3)16(19)12-18-8-10-20-11-9-18/h4-7H,1,8-12H2,2-3H3. The van der Waals surface area contributed by atoms with Gasteiger partial charge in [-0.25, -0.2) is 0 Å². The zero-order chi connectivity index (χ0) is 14.5. The molecule has 1 saturated heterocycles. The number of rotatable bonds is 4. The molecule has 0 bridgehead atoms. The number of anilines is 1. The van der Waals surface area contributed by atoms with Crippen molar-refractivity contribution in [2.75, 3.05) is 44.8 Å². The van der Waals surface area contributed by atoms with Gasteiger partial charge in [0.05, 0.1) is 25.4 Å². The zero-order valence-corrected chi connectivity index (χ0v) is 12.3. The summed E-state index contributed by atoms with van der Waals surface area (Å²) in [7, 11) is 1.82. The summed E-state index contributed by atoms with van der Waals surface area (Å²) in [5.74, 6) is 0.0978. The van der Waals surface area contributed by atoms with E-state index in [2.05, 4.69) is 11.5 Å². The highest BCUT2D eigenvalue weighted by Crippen LogP contribution is 2.25. The van der Waals surface area contributed by atoms with Crippen molar-refractivity contribution in [3.63, 3.8) is 0 Å². The number of carbonyl (C=O) groups excluding carboxylic acids is 1. The third-order valence-corrected chi connectivity index (χ3v) is 3.56. The highest BCUT2D eigenvalue weighted by Gasteiger charge is 2.19. The van der Waals surface area contributed by atoms with Crippen molar-refractivity contribution < 1.29 is 9.53 Å². The van der Waals surface area contributed by atoms with E-state index < -0.39 is 0 Å². The maximum absolute atomic E-state index is 12.4. The molecule has 1 aliphatic rings. The molecule has 0 aromatic heterocycles. The minimum atomic E-state index is 0.0978. The molecule has 20 heavy (non-hydrogen) atoms. The summed E-state index contributed by atoms with van der Waals surface area (Å²) in [5, 5.41) is 0. The Morgan fingerprint density at radius 2 is 2.00 bits per heavy atom. The maximum atomic E-state index is 12.4. The molecule has 0 saturated carbocycles. The number of hydrogen-bond donors (Lipinski definition) is 0. The van der Waals surface area contributed by atoms with Crippen LogP contribution in [0.25, 0.3) is 5.57 Å². The lowest BCUT2D eigenvalue weighted by molar-refractivity contribution is -0.120. The fourth-order valence-corrected chi connectivity index (χ4v) is 2.32. The summed E-state index contributed by atoms with van der Waals surface area (Å²) in [5.41, 5.74) is 2.90. The third-order valence-electron chi connectivity index (χ3n) is 3.56. The lowest BCUT2D eigenvalue weighted by atomic mass is 10.1. The number of hydrogen-bond acceptors (Lipinski definition) is 3. The number of para-hydroxylation sites is 1. The van der Waals surface area contributed by atoms with Gasteiger partial charge in [0.1, 0.15) is 0 Å². The second-order valence-electron chi connectivity index (χ2n) is 5.14. The minimum absolute atomic E-state index is 0.0978. The van der Waals surface area contributed by atoms with Crippen LogP contribution in [0.4, 0.5) is 5.69 Å². The molecule has 4 nitrogen and oxygen atoms in total. The van der Waals surface area contributed by atoms with E-state index in [4.69, 9.17) is 4.74 Å². The Morgan fingerprint density at radius 1 is 1.35 bits per heavy atom. The van der Waals surface area contributed by atoms with Crippen molar-refractivity contribution in [1.82, 2.24) is 4.90 Å². The van der Waals surface area contributed by atoms with Crippen LogP contribution in [0.1, 0.15) is 12.5 Å². The molecular formula is C16H22N2O2. The van der Waals surface area contributed by atoms with Gasteiger partial charge in [-0.05, 0) is 18.6 Å². The average Bonchev–Trinajstić information content (AvgIpc) is 2.47. The number of carbonyl (C=O) groups is 1. The summed E-state index contributed by atoms with van der Waals surface area (Å²) in [6, 6.07) is 7.87. The second kappa shape index (κ2) is 6.68. The molecule has 1 fully saturated rings. The van der Waals surface area contributed by atoms with E-state index in [1.165, 1.54) is 0 Å². The van der Waals surface area contributed by atoms with Crippen molar-refractivity contribution >= 4 is 17.2 Å². The lowest BCUT2D eigenvalue weighted by Gasteiger charge is -2.28. The smallest absolute Gasteiger partial charge is 0.240 e. The van der Waals surface area contributed by atoms with E-state index in [9.17, 15) is 4.79 Å². The fourth-order valence-electron chi connectivity index (χ4n) is 2.32. The van der Waals surface area contributed by atoms with E-state index in [-0.39, 0.29) is 5.91 Å². The number of nitrogens with zero attached hydrogens (tertiary/aromatic N) is 2. The molecule has 0 radical (unpaired) electrons. The first kappa shape index (κ1) is 14.8. The second-order valence-corrected chi connectivity index (χ2v) is 5.14. The van der Waals surface area contributed by atoms with Crippen LogP contribution in [0.3, 0.4) is 0 Å². The molecule has 1 aliphatic heterocycles. The van der Waals surface area contributed by atoms with Crippen LogP contribution in [-0.4, -0.2) is 50.7 Å². The Bertz CT molecular complexity index is 493. The van der Waals surface area contributed by atoms with Crippen molar-refractivity contribution in [3.8, 4) is 0 Å². The number of likely N-dealkylation sites (N-methyl/N-ethyl adjacent to an activating group) is 1. The monoisotopic (exact) mass is 274 g/mol. The third kappa shape index (κ3) is 3.46. The highest BCUT2D eigenvalue weighted by atomic mass is 16.5. The van der Waals surface area contributed by atoms with Crippen LogP contribution in [0.15, 0.2) is 30.8 Å². The molecule has 1 amide bonds. The van der Waals surface area contributed by atoms with Gasteiger partial charge in [-0.1, -0.05) is 24.8 Å². The molecule has 1 aromatic rings. The van der Waals surface area contributed by atoms with Crippen LogP contribution in [0.2, 0.25) is 0 Å². The molecule has 108 valence electrons. The number of allylic oxidation sites excluding steroid dienone is 1. The van der Waals surface area contributed by atoms with Crippen LogP contribution in [0.5, 0.6) is 0 Å². The van der Waals surface area contributed by atoms with Gasteiger partial charge in [0.25, 0.3) is 0 Å². The molecule has 0 N–H and O–H groups in total. The maximum Gasteiger partial charge on any atom is 0.240 e. The number of morpholine rings is 1. The highest BCUT2D eigenvalue weighted by molar-refractivity contribution is 5.97. The molecule has 0 aliphatic carbocycles. The topological polar surface area (TPSA) is 32.8 Å². The van der Waals surface area contributed by atoms with Gasteiger partial charge in [-0.15, -0.1) is 0 Å². The van der Waals surface area contributed by atoms with E-state index in [0.717, 1.165) is 29.9 Å². The largest absolute Gasteiger partial charge is 0.379 e. The van der Waals surface area contributed by atoms with E-state index >= 15 is 0 Å². The first-order valence-electron chi connectivity index (χ1n) is 6.91. The van der Waals surface area contributed by atoms with Crippen LogP contribution >= 0.6 is 0 Å². The lowest BCUT2D eigenvalue weighted by Crippen LogP contribution is -2.44. The summed E-state index contributed by atoms with van der Waals surface area (Å²) in [6.45, 7) is 9.43. The van der Waals surface area contributed by atoms with Crippen LogP contribution in [0, 0.1) is 0 Å². The van der Waals surface area contributed by atoms with Gasteiger partial charge in [-0.2, -0.15) is 0 Å². The van der Waals surface area contributed by atoms with Crippen LogP contribution in [-0.2, 0) is 9.53 Å². The van der Waals surface area contributed by atoms with Gasteiger partial charge in [0, 0.05) is 25.7 Å². The molecule has 4 heteroatoms. The molecule has 2 rings (SSSR count). The van der Waals surface area contributed by atoms with Crippen LogP contribution < -0.4 is 4.90 Å². The molecule has 0 unspecified atom stereocenters. The SMILES string of the molecule is C=C(C)c1ccccc1N(C)C(=O)CN1CCOCC1. The predicted octanol–water partition coefficient (Wildman–Crippen LogP) is 2.01. The fraction of sp³-hybridized carbons (Fsp3) is 0.438. The molecule has 0 atom stereocenters. The summed E-state index contributed by atoms with van der Waals surface area (Å²) < 4.78 is 5.30. The van der Waals surface area contributed by atoms with E-state index in [0.29, 0.717) is 19.8 Å². The van der Waals surface area contributed by atoms with E-state index in [1.807, 2.05) is 38.2 Å². The quantitative estimate of drug-likeness (QED) is 0.842. The number of ether oxygens (including phenoxy) is 1. The summed E-state index contributed by atoms with van der Waals surface area (Å²) >= 11 is 0. The summed E-state index contributed by atoms with van der Waals surface area (Å²) in [6.07, 6.45) is 0.